The summed E-state index contributed by atoms with van der Waals surface area (Å²) >= 11 is 0. The van der Waals surface area contributed by atoms with Crippen molar-refractivity contribution in [1.82, 2.24) is 4.57 Å². The van der Waals surface area contributed by atoms with Gasteiger partial charge in [-0.25, -0.2) is 0 Å². The van der Waals surface area contributed by atoms with Crippen LogP contribution in [0.3, 0.4) is 0 Å². The van der Waals surface area contributed by atoms with E-state index in [0.717, 1.165) is 5.69 Å². The number of nitrogen functional groups attached to an aromatic ring is 1. The quantitative estimate of drug-likeness (QED) is 0.287. The van der Waals surface area contributed by atoms with Crippen LogP contribution in [0.2, 0.25) is 0 Å². The SMILES string of the molecule is Cc1ccc2c(c1)c1cc(-c3ccc(N)cc3)ccc1n2-c1ccc(-c2ccccc2)cc1. The van der Waals surface area contributed by atoms with Crippen molar-refractivity contribution in [1.29, 1.82) is 0 Å². The molecule has 33 heavy (non-hydrogen) atoms. The molecule has 0 aliphatic carbocycles. The van der Waals surface area contributed by atoms with Gasteiger partial charge in [0.05, 0.1) is 11.0 Å². The van der Waals surface area contributed by atoms with Crippen molar-refractivity contribution in [2.24, 2.45) is 0 Å². The van der Waals surface area contributed by atoms with Crippen LogP contribution in [0.1, 0.15) is 5.56 Å². The highest BCUT2D eigenvalue weighted by Crippen LogP contribution is 2.36. The smallest absolute Gasteiger partial charge is 0.0541 e. The first-order valence-corrected chi connectivity index (χ1v) is 11.2. The molecule has 6 aromatic rings. The average molecular weight is 425 g/mol. The monoisotopic (exact) mass is 424 g/mol. The Kier molecular flexibility index (Phi) is 4.51. The molecule has 0 atom stereocenters. The molecular formula is C31H24N2. The summed E-state index contributed by atoms with van der Waals surface area (Å²) in [5, 5.41) is 2.53. The van der Waals surface area contributed by atoms with Crippen LogP contribution in [0.15, 0.2) is 115 Å². The number of fused-ring (bicyclic) bond motifs is 3. The van der Waals surface area contributed by atoms with E-state index in [-0.39, 0.29) is 0 Å². The minimum atomic E-state index is 0.783. The minimum Gasteiger partial charge on any atom is -0.399 e. The highest BCUT2D eigenvalue weighted by atomic mass is 15.0. The summed E-state index contributed by atoms with van der Waals surface area (Å²) in [4.78, 5) is 0. The standard InChI is InChI=1S/C31H24N2/c1-21-7-17-30-28(19-21)29-20-25(24-8-13-26(32)14-9-24)12-18-31(29)33(30)27-15-10-23(11-16-27)22-5-3-2-4-6-22/h2-20H,32H2,1H3. The maximum Gasteiger partial charge on any atom is 0.0541 e. The molecule has 2 N–H and O–H groups in total. The summed E-state index contributed by atoms with van der Waals surface area (Å²) in [5.74, 6) is 0. The first kappa shape index (κ1) is 19.4. The van der Waals surface area contributed by atoms with E-state index >= 15 is 0 Å². The molecule has 2 heteroatoms. The molecule has 0 saturated heterocycles. The number of anilines is 1. The van der Waals surface area contributed by atoms with E-state index in [1.165, 1.54) is 55.3 Å². The Morgan fingerprint density at radius 2 is 1.06 bits per heavy atom. The van der Waals surface area contributed by atoms with Crippen LogP contribution in [-0.2, 0) is 0 Å². The fourth-order valence-electron chi connectivity index (χ4n) is 4.70. The summed E-state index contributed by atoms with van der Waals surface area (Å²) in [6.45, 7) is 2.15. The summed E-state index contributed by atoms with van der Waals surface area (Å²) in [7, 11) is 0. The predicted molar refractivity (Wildman–Crippen MR) is 141 cm³/mol. The molecule has 6 rings (SSSR count). The van der Waals surface area contributed by atoms with Crippen molar-refractivity contribution < 1.29 is 0 Å². The number of hydrogen-bond acceptors (Lipinski definition) is 1. The highest BCUT2D eigenvalue weighted by molar-refractivity contribution is 6.10. The third-order valence-electron chi connectivity index (χ3n) is 6.40. The van der Waals surface area contributed by atoms with Crippen molar-refractivity contribution in [3.63, 3.8) is 0 Å². The van der Waals surface area contributed by atoms with E-state index in [9.17, 15) is 0 Å². The number of rotatable bonds is 3. The van der Waals surface area contributed by atoms with Gasteiger partial charge in [0, 0.05) is 22.1 Å². The second-order valence-corrected chi connectivity index (χ2v) is 8.62. The number of nitrogens with two attached hydrogens (primary N) is 1. The van der Waals surface area contributed by atoms with Crippen LogP contribution < -0.4 is 5.73 Å². The molecule has 0 fully saturated rings. The zero-order valence-corrected chi connectivity index (χ0v) is 18.5. The lowest BCUT2D eigenvalue weighted by Gasteiger charge is -2.10. The molecule has 0 aliphatic heterocycles. The fourth-order valence-corrected chi connectivity index (χ4v) is 4.70. The summed E-state index contributed by atoms with van der Waals surface area (Å²) in [5.41, 5.74) is 16.4. The Labute approximate surface area is 193 Å². The van der Waals surface area contributed by atoms with Crippen LogP contribution in [-0.4, -0.2) is 4.57 Å². The number of hydrogen-bond donors (Lipinski definition) is 1. The van der Waals surface area contributed by atoms with Crippen molar-refractivity contribution in [2.75, 3.05) is 5.73 Å². The van der Waals surface area contributed by atoms with Crippen LogP contribution >= 0.6 is 0 Å². The van der Waals surface area contributed by atoms with E-state index in [0.29, 0.717) is 0 Å². The maximum absolute atomic E-state index is 5.90. The zero-order chi connectivity index (χ0) is 22.4. The molecule has 5 aromatic carbocycles. The van der Waals surface area contributed by atoms with Crippen molar-refractivity contribution in [3.05, 3.63) is 121 Å². The second kappa shape index (κ2) is 7.68. The van der Waals surface area contributed by atoms with Crippen LogP contribution in [0.5, 0.6) is 0 Å². The first-order chi connectivity index (χ1) is 16.2. The molecule has 0 bridgehead atoms. The summed E-state index contributed by atoms with van der Waals surface area (Å²) in [6.07, 6.45) is 0. The molecule has 0 radical (unpaired) electrons. The number of aryl methyl sites for hydroxylation is 1. The Hall–Kier alpha value is -4.30. The van der Waals surface area contributed by atoms with E-state index in [1.54, 1.807) is 0 Å². The number of benzene rings is 5. The van der Waals surface area contributed by atoms with Gasteiger partial charge in [0.25, 0.3) is 0 Å². The van der Waals surface area contributed by atoms with Gasteiger partial charge in [0.2, 0.25) is 0 Å². The predicted octanol–water partition coefficient (Wildman–Crippen LogP) is 8.01. The molecule has 0 unspecified atom stereocenters. The van der Waals surface area contributed by atoms with Gasteiger partial charge in [0.15, 0.2) is 0 Å². The van der Waals surface area contributed by atoms with Gasteiger partial charge in [-0.1, -0.05) is 72.3 Å². The van der Waals surface area contributed by atoms with E-state index < -0.39 is 0 Å². The molecule has 158 valence electrons. The van der Waals surface area contributed by atoms with Gasteiger partial charge in [-0.2, -0.15) is 0 Å². The molecule has 0 aliphatic rings. The Balaban J connectivity index is 1.55. The van der Waals surface area contributed by atoms with E-state index in [1.807, 2.05) is 12.1 Å². The Morgan fingerprint density at radius 3 is 1.79 bits per heavy atom. The lowest BCUT2D eigenvalue weighted by atomic mass is 10.0. The molecule has 0 spiro atoms. The van der Waals surface area contributed by atoms with E-state index in [2.05, 4.69) is 115 Å². The van der Waals surface area contributed by atoms with Gasteiger partial charge in [-0.15, -0.1) is 0 Å². The molecule has 0 saturated carbocycles. The van der Waals surface area contributed by atoms with Crippen LogP contribution in [0, 0.1) is 6.92 Å². The topological polar surface area (TPSA) is 30.9 Å². The zero-order valence-electron chi connectivity index (χ0n) is 18.5. The van der Waals surface area contributed by atoms with Gasteiger partial charge in [-0.3, -0.25) is 0 Å². The normalized spacial score (nSPS) is 11.3. The van der Waals surface area contributed by atoms with Crippen molar-refractivity contribution in [3.8, 4) is 27.9 Å². The maximum atomic E-state index is 5.90. The van der Waals surface area contributed by atoms with Crippen molar-refractivity contribution in [2.45, 2.75) is 6.92 Å². The van der Waals surface area contributed by atoms with E-state index in [4.69, 9.17) is 5.73 Å². The lowest BCUT2D eigenvalue weighted by molar-refractivity contribution is 1.18. The number of nitrogens with zero attached hydrogens (tertiary/aromatic N) is 1. The first-order valence-electron chi connectivity index (χ1n) is 11.2. The fraction of sp³-hybridized carbons (Fsp3) is 0.0323. The summed E-state index contributed by atoms with van der Waals surface area (Å²) in [6, 6.07) is 40.9. The molecular weight excluding hydrogens is 400 g/mol. The minimum absolute atomic E-state index is 0.783. The Bertz CT molecular complexity index is 1590. The lowest BCUT2D eigenvalue weighted by Crippen LogP contribution is -1.94. The largest absolute Gasteiger partial charge is 0.399 e. The van der Waals surface area contributed by atoms with Gasteiger partial charge < -0.3 is 10.3 Å². The molecule has 1 heterocycles. The van der Waals surface area contributed by atoms with Crippen LogP contribution in [0.25, 0.3) is 49.7 Å². The molecule has 2 nitrogen and oxygen atoms in total. The summed E-state index contributed by atoms with van der Waals surface area (Å²) < 4.78 is 2.37. The van der Waals surface area contributed by atoms with Gasteiger partial charge in [-0.05, 0) is 77.7 Å². The Morgan fingerprint density at radius 1 is 0.515 bits per heavy atom. The van der Waals surface area contributed by atoms with Gasteiger partial charge in [0.1, 0.15) is 0 Å². The molecule has 0 amide bonds. The van der Waals surface area contributed by atoms with Crippen LogP contribution in [0.4, 0.5) is 5.69 Å². The van der Waals surface area contributed by atoms with Gasteiger partial charge >= 0.3 is 0 Å². The highest BCUT2D eigenvalue weighted by Gasteiger charge is 2.14. The average Bonchev–Trinajstić information content (AvgIpc) is 3.18. The number of aromatic nitrogens is 1. The third-order valence-corrected chi connectivity index (χ3v) is 6.40. The second-order valence-electron chi connectivity index (χ2n) is 8.62. The third kappa shape index (κ3) is 3.37. The molecule has 1 aromatic heterocycles. The van der Waals surface area contributed by atoms with Crippen molar-refractivity contribution >= 4 is 27.5 Å².